The molecule has 9 nitrogen and oxygen atoms in total. The van der Waals surface area contributed by atoms with Crippen molar-refractivity contribution in [1.82, 2.24) is 29.4 Å². The Kier molecular flexibility index (Phi) is 5.17. The predicted molar refractivity (Wildman–Crippen MR) is 108 cm³/mol. The summed E-state index contributed by atoms with van der Waals surface area (Å²) in [5, 5.41) is 7.94. The first-order valence-corrected chi connectivity index (χ1v) is 9.64. The van der Waals surface area contributed by atoms with Crippen LogP contribution in [-0.4, -0.2) is 54.2 Å². The Morgan fingerprint density at radius 2 is 1.97 bits per heavy atom. The van der Waals surface area contributed by atoms with Gasteiger partial charge in [0.2, 0.25) is 0 Å². The highest BCUT2D eigenvalue weighted by Crippen LogP contribution is 2.31. The molecule has 148 valence electrons. The summed E-state index contributed by atoms with van der Waals surface area (Å²) in [6.45, 7) is 0.574. The Morgan fingerprint density at radius 1 is 1.17 bits per heavy atom. The summed E-state index contributed by atoms with van der Waals surface area (Å²) in [6.07, 6.45) is 6.83. The largest absolute Gasteiger partial charge is 0.497 e. The number of aromatic nitrogens is 5. The van der Waals surface area contributed by atoms with Gasteiger partial charge in [0.1, 0.15) is 17.3 Å². The number of methoxy groups -OCH3 is 1. The second-order valence-electron chi connectivity index (χ2n) is 6.33. The number of nitrogens with zero attached hydrogens (tertiary/aromatic N) is 6. The monoisotopic (exact) mass is 410 g/mol. The van der Waals surface area contributed by atoms with Crippen LogP contribution in [0.25, 0.3) is 17.3 Å². The van der Waals surface area contributed by atoms with Gasteiger partial charge in [0.15, 0.2) is 0 Å². The standard InChI is InChI=1S/C19H18N6O3S/c1-23-8-7-20-17(23)11-16-18(26)25(19(27)29-16)10-9-24-12-15(21-22-24)13-3-5-14(28-2)6-4-13/h3-8,11-12H,9-10H2,1-2H3/b16-11-. The Labute approximate surface area is 171 Å². The van der Waals surface area contributed by atoms with Gasteiger partial charge in [-0.05, 0) is 36.0 Å². The van der Waals surface area contributed by atoms with Crippen LogP contribution in [0.3, 0.4) is 0 Å². The van der Waals surface area contributed by atoms with Crippen LogP contribution in [0.15, 0.2) is 47.8 Å². The van der Waals surface area contributed by atoms with E-state index in [2.05, 4.69) is 15.3 Å². The normalized spacial score (nSPS) is 15.5. The molecule has 0 saturated carbocycles. The number of benzene rings is 1. The molecule has 0 unspecified atom stereocenters. The van der Waals surface area contributed by atoms with Crippen LogP contribution >= 0.6 is 11.8 Å². The third-order valence-electron chi connectivity index (χ3n) is 4.47. The zero-order valence-electron chi connectivity index (χ0n) is 15.8. The van der Waals surface area contributed by atoms with E-state index >= 15 is 0 Å². The topological polar surface area (TPSA) is 95.1 Å². The molecule has 1 aliphatic heterocycles. The van der Waals surface area contributed by atoms with Crippen molar-refractivity contribution in [1.29, 1.82) is 0 Å². The van der Waals surface area contributed by atoms with Crippen LogP contribution in [-0.2, 0) is 18.4 Å². The zero-order valence-corrected chi connectivity index (χ0v) is 16.7. The molecule has 3 aromatic rings. The summed E-state index contributed by atoms with van der Waals surface area (Å²) >= 11 is 0.917. The molecule has 2 amide bonds. The number of amides is 2. The van der Waals surface area contributed by atoms with E-state index in [1.54, 1.807) is 41.0 Å². The number of aryl methyl sites for hydroxylation is 1. The van der Waals surface area contributed by atoms with Gasteiger partial charge in [-0.25, -0.2) is 4.98 Å². The fraction of sp³-hybridized carbons (Fsp3) is 0.211. The van der Waals surface area contributed by atoms with E-state index < -0.39 is 0 Å². The van der Waals surface area contributed by atoms with E-state index in [9.17, 15) is 9.59 Å². The summed E-state index contributed by atoms with van der Waals surface area (Å²) in [4.78, 5) is 30.6. The molecular weight excluding hydrogens is 392 g/mol. The molecule has 4 rings (SSSR count). The number of ether oxygens (including phenoxy) is 1. The van der Waals surface area contributed by atoms with E-state index in [-0.39, 0.29) is 17.7 Å². The third-order valence-corrected chi connectivity index (χ3v) is 5.38. The first-order chi connectivity index (χ1) is 14.0. The van der Waals surface area contributed by atoms with Crippen LogP contribution in [0.4, 0.5) is 4.79 Å². The molecule has 0 radical (unpaired) electrons. The molecule has 1 aliphatic rings. The number of carbonyl (C=O) groups excluding carboxylic acids is 2. The molecular formula is C19H18N6O3S. The molecule has 0 aliphatic carbocycles. The molecule has 1 aromatic carbocycles. The maximum atomic E-state index is 12.6. The zero-order chi connectivity index (χ0) is 20.4. The molecule has 3 heterocycles. The number of hydrogen-bond acceptors (Lipinski definition) is 7. The van der Waals surface area contributed by atoms with Crippen molar-refractivity contribution >= 4 is 29.0 Å². The van der Waals surface area contributed by atoms with E-state index in [4.69, 9.17) is 4.74 Å². The van der Waals surface area contributed by atoms with Crippen molar-refractivity contribution < 1.29 is 14.3 Å². The van der Waals surface area contributed by atoms with Crippen molar-refractivity contribution in [2.45, 2.75) is 6.54 Å². The fourth-order valence-corrected chi connectivity index (χ4v) is 3.66. The predicted octanol–water partition coefficient (Wildman–Crippen LogP) is 2.42. The highest BCUT2D eigenvalue weighted by molar-refractivity contribution is 8.18. The molecule has 0 N–H and O–H groups in total. The molecule has 1 saturated heterocycles. The Hall–Kier alpha value is -3.40. The molecule has 0 bridgehead atoms. The number of thioether (sulfide) groups is 1. The summed E-state index contributed by atoms with van der Waals surface area (Å²) < 4.78 is 8.55. The molecule has 1 fully saturated rings. The van der Waals surface area contributed by atoms with Gasteiger partial charge < -0.3 is 9.30 Å². The Morgan fingerprint density at radius 3 is 2.66 bits per heavy atom. The van der Waals surface area contributed by atoms with Crippen molar-refractivity contribution in [2.24, 2.45) is 7.05 Å². The smallest absolute Gasteiger partial charge is 0.293 e. The average molecular weight is 410 g/mol. The maximum absolute atomic E-state index is 12.6. The summed E-state index contributed by atoms with van der Waals surface area (Å²) in [5.74, 6) is 1.06. The number of carbonyl (C=O) groups is 2. The molecule has 2 aromatic heterocycles. The lowest BCUT2D eigenvalue weighted by molar-refractivity contribution is -0.122. The number of rotatable bonds is 6. The van der Waals surface area contributed by atoms with Crippen molar-refractivity contribution in [2.75, 3.05) is 13.7 Å². The van der Waals surface area contributed by atoms with Gasteiger partial charge in [-0.3, -0.25) is 19.2 Å². The first kappa shape index (κ1) is 18.9. The van der Waals surface area contributed by atoms with Gasteiger partial charge in [-0.2, -0.15) is 0 Å². The van der Waals surface area contributed by atoms with Crippen molar-refractivity contribution in [3.63, 3.8) is 0 Å². The third kappa shape index (κ3) is 3.92. The first-order valence-electron chi connectivity index (χ1n) is 8.82. The lowest BCUT2D eigenvalue weighted by Gasteiger charge is -2.11. The minimum Gasteiger partial charge on any atom is -0.497 e. The molecule has 29 heavy (non-hydrogen) atoms. The van der Waals surface area contributed by atoms with E-state index in [0.29, 0.717) is 23.0 Å². The Balaban J connectivity index is 1.42. The quantitative estimate of drug-likeness (QED) is 0.576. The van der Waals surface area contributed by atoms with E-state index in [1.807, 2.05) is 31.3 Å². The highest BCUT2D eigenvalue weighted by atomic mass is 32.2. The Bertz CT molecular complexity index is 1090. The fourth-order valence-electron chi connectivity index (χ4n) is 2.83. The van der Waals surface area contributed by atoms with Gasteiger partial charge in [0.05, 0.1) is 24.8 Å². The maximum Gasteiger partial charge on any atom is 0.293 e. The molecule has 0 atom stereocenters. The minimum atomic E-state index is -0.321. The van der Waals surface area contributed by atoms with Gasteiger partial charge in [-0.1, -0.05) is 5.21 Å². The van der Waals surface area contributed by atoms with Gasteiger partial charge >= 0.3 is 0 Å². The summed E-state index contributed by atoms with van der Waals surface area (Å²) in [5.41, 5.74) is 1.61. The second-order valence-corrected chi connectivity index (χ2v) is 7.32. The van der Waals surface area contributed by atoms with Crippen molar-refractivity contribution in [3.05, 3.63) is 53.6 Å². The highest BCUT2D eigenvalue weighted by Gasteiger charge is 2.35. The number of imidazole rings is 1. The van der Waals surface area contributed by atoms with E-state index in [1.165, 1.54) is 4.90 Å². The van der Waals surface area contributed by atoms with Crippen LogP contribution in [0.1, 0.15) is 5.82 Å². The average Bonchev–Trinajstić information content (AvgIpc) is 3.42. The van der Waals surface area contributed by atoms with E-state index in [0.717, 1.165) is 23.1 Å². The van der Waals surface area contributed by atoms with Gasteiger partial charge in [0, 0.05) is 37.6 Å². The molecule has 10 heteroatoms. The van der Waals surface area contributed by atoms with Gasteiger partial charge in [-0.15, -0.1) is 5.10 Å². The lowest BCUT2D eigenvalue weighted by atomic mass is 10.2. The van der Waals surface area contributed by atoms with Crippen LogP contribution in [0.2, 0.25) is 0 Å². The second kappa shape index (κ2) is 7.92. The summed E-state index contributed by atoms with van der Waals surface area (Å²) in [7, 11) is 3.44. The van der Waals surface area contributed by atoms with Crippen molar-refractivity contribution in [3.8, 4) is 17.0 Å². The minimum absolute atomic E-state index is 0.216. The van der Waals surface area contributed by atoms with Crippen LogP contribution < -0.4 is 4.74 Å². The molecule has 0 spiro atoms. The summed E-state index contributed by atoms with van der Waals surface area (Å²) in [6, 6.07) is 7.49. The number of imide groups is 1. The van der Waals surface area contributed by atoms with Crippen LogP contribution in [0.5, 0.6) is 5.75 Å². The van der Waals surface area contributed by atoms with Gasteiger partial charge in [0.25, 0.3) is 11.1 Å². The lowest BCUT2D eigenvalue weighted by Crippen LogP contribution is -2.31. The number of hydrogen-bond donors (Lipinski definition) is 0. The SMILES string of the molecule is COc1ccc(-c2cn(CCN3C(=O)S/C(=C\c4nccn4C)C3=O)nn2)cc1. The van der Waals surface area contributed by atoms with Crippen LogP contribution in [0, 0.1) is 0 Å².